The van der Waals surface area contributed by atoms with Crippen LogP contribution < -0.4 is 10.2 Å². The zero-order valence-electron chi connectivity index (χ0n) is 12.2. The number of aryl methyl sites for hydroxylation is 2. The van der Waals surface area contributed by atoms with E-state index in [1.807, 2.05) is 12.3 Å². The highest BCUT2D eigenvalue weighted by Gasteiger charge is 2.25. The Hall–Kier alpha value is -1.51. The lowest BCUT2D eigenvalue weighted by atomic mass is 10.2. The SMILES string of the molecule is Cc1csc(=O)n1CCc1nc(C2CNCCN2C)no1. The molecule has 3 rings (SSSR count). The molecule has 0 aromatic carbocycles. The molecule has 3 heterocycles. The molecule has 1 N–H and O–H groups in total. The van der Waals surface area contributed by atoms with Crippen LogP contribution in [0.25, 0.3) is 0 Å². The van der Waals surface area contributed by atoms with Crippen molar-refractivity contribution in [3.63, 3.8) is 0 Å². The van der Waals surface area contributed by atoms with Gasteiger partial charge >= 0.3 is 4.87 Å². The van der Waals surface area contributed by atoms with Gasteiger partial charge in [-0.05, 0) is 14.0 Å². The van der Waals surface area contributed by atoms with Crippen LogP contribution in [0.2, 0.25) is 0 Å². The van der Waals surface area contributed by atoms with Gasteiger partial charge in [-0.2, -0.15) is 4.98 Å². The van der Waals surface area contributed by atoms with Crippen LogP contribution in [-0.2, 0) is 13.0 Å². The molecule has 7 nitrogen and oxygen atoms in total. The summed E-state index contributed by atoms with van der Waals surface area (Å²) in [5.41, 5.74) is 0.973. The van der Waals surface area contributed by atoms with Crippen molar-refractivity contribution in [2.24, 2.45) is 0 Å². The number of aromatic nitrogens is 3. The number of nitrogens with zero attached hydrogens (tertiary/aromatic N) is 4. The van der Waals surface area contributed by atoms with Crippen LogP contribution in [0.5, 0.6) is 0 Å². The van der Waals surface area contributed by atoms with Crippen LogP contribution in [0, 0.1) is 6.92 Å². The van der Waals surface area contributed by atoms with Crippen molar-refractivity contribution in [3.05, 3.63) is 32.5 Å². The third-order valence-corrected chi connectivity index (χ3v) is 4.70. The Morgan fingerprint density at radius 2 is 2.43 bits per heavy atom. The van der Waals surface area contributed by atoms with E-state index in [-0.39, 0.29) is 10.9 Å². The molecule has 0 aliphatic carbocycles. The van der Waals surface area contributed by atoms with E-state index in [2.05, 4.69) is 27.4 Å². The fourth-order valence-corrected chi connectivity index (χ4v) is 3.24. The van der Waals surface area contributed by atoms with Gasteiger partial charge in [0.25, 0.3) is 0 Å². The molecule has 0 saturated carbocycles. The first-order valence-electron chi connectivity index (χ1n) is 7.03. The fraction of sp³-hybridized carbons (Fsp3) is 0.615. The van der Waals surface area contributed by atoms with Crippen LogP contribution in [0.15, 0.2) is 14.7 Å². The smallest absolute Gasteiger partial charge is 0.307 e. The standard InChI is InChI=1S/C13H19N5O2S/c1-9-8-21-13(19)18(9)5-3-11-15-12(16-20-11)10-7-14-4-6-17(10)2/h8,10,14H,3-7H2,1-2H3. The van der Waals surface area contributed by atoms with Gasteiger partial charge in [-0.3, -0.25) is 9.69 Å². The Morgan fingerprint density at radius 1 is 1.57 bits per heavy atom. The molecule has 8 heteroatoms. The van der Waals surface area contributed by atoms with E-state index in [9.17, 15) is 4.79 Å². The lowest BCUT2D eigenvalue weighted by Crippen LogP contribution is -2.44. The van der Waals surface area contributed by atoms with Crippen LogP contribution in [0.4, 0.5) is 0 Å². The summed E-state index contributed by atoms with van der Waals surface area (Å²) >= 11 is 1.22. The van der Waals surface area contributed by atoms with Gasteiger partial charge in [0.2, 0.25) is 5.89 Å². The van der Waals surface area contributed by atoms with Crippen LogP contribution >= 0.6 is 11.3 Å². The van der Waals surface area contributed by atoms with E-state index >= 15 is 0 Å². The molecule has 1 aliphatic rings. The molecular weight excluding hydrogens is 290 g/mol. The van der Waals surface area contributed by atoms with Crippen molar-refractivity contribution in [3.8, 4) is 0 Å². The molecule has 114 valence electrons. The highest BCUT2D eigenvalue weighted by molar-refractivity contribution is 7.07. The van der Waals surface area contributed by atoms with Crippen LogP contribution in [0.3, 0.4) is 0 Å². The zero-order chi connectivity index (χ0) is 14.8. The van der Waals surface area contributed by atoms with Crippen molar-refractivity contribution in [1.29, 1.82) is 0 Å². The van der Waals surface area contributed by atoms with E-state index in [1.165, 1.54) is 11.3 Å². The summed E-state index contributed by atoms with van der Waals surface area (Å²) in [6.45, 7) is 5.29. The quantitative estimate of drug-likeness (QED) is 0.882. The lowest BCUT2D eigenvalue weighted by molar-refractivity contribution is 0.190. The summed E-state index contributed by atoms with van der Waals surface area (Å²) in [4.78, 5) is 18.4. The largest absolute Gasteiger partial charge is 0.339 e. The predicted molar refractivity (Wildman–Crippen MR) is 79.6 cm³/mol. The van der Waals surface area contributed by atoms with Gasteiger partial charge in [-0.1, -0.05) is 16.5 Å². The normalized spacial score (nSPS) is 20.0. The molecule has 0 radical (unpaired) electrons. The maximum Gasteiger partial charge on any atom is 0.307 e. The number of nitrogens with one attached hydrogen (secondary N) is 1. The summed E-state index contributed by atoms with van der Waals surface area (Å²) in [5, 5.41) is 9.28. The average molecular weight is 309 g/mol. The Kier molecular flexibility index (Phi) is 4.18. The lowest BCUT2D eigenvalue weighted by Gasteiger charge is -2.30. The third-order valence-electron chi connectivity index (χ3n) is 3.82. The maximum atomic E-state index is 11.7. The molecule has 0 amide bonds. The first kappa shape index (κ1) is 14.4. The highest BCUT2D eigenvalue weighted by atomic mass is 32.1. The molecule has 1 atom stereocenters. The summed E-state index contributed by atoms with van der Waals surface area (Å²) < 4.78 is 7.06. The second-order valence-electron chi connectivity index (χ2n) is 5.29. The van der Waals surface area contributed by atoms with Crippen LogP contribution in [0.1, 0.15) is 23.5 Å². The Morgan fingerprint density at radius 3 is 3.14 bits per heavy atom. The van der Waals surface area contributed by atoms with E-state index < -0.39 is 0 Å². The number of rotatable bonds is 4. The molecule has 2 aromatic heterocycles. The highest BCUT2D eigenvalue weighted by Crippen LogP contribution is 2.17. The molecule has 1 fully saturated rings. The number of piperazine rings is 1. The first-order valence-corrected chi connectivity index (χ1v) is 7.91. The maximum absolute atomic E-state index is 11.7. The van der Waals surface area contributed by atoms with Crippen LogP contribution in [-0.4, -0.2) is 46.3 Å². The van der Waals surface area contributed by atoms with Crippen molar-refractivity contribution in [1.82, 2.24) is 24.9 Å². The molecule has 21 heavy (non-hydrogen) atoms. The Labute approximate surface area is 126 Å². The molecule has 1 saturated heterocycles. The topological polar surface area (TPSA) is 76.2 Å². The number of hydrogen-bond donors (Lipinski definition) is 1. The van der Waals surface area contributed by atoms with E-state index in [1.54, 1.807) is 4.57 Å². The molecule has 1 aliphatic heterocycles. The molecule has 1 unspecified atom stereocenters. The number of likely N-dealkylation sites (N-methyl/N-ethyl adjacent to an activating group) is 1. The Bertz CT molecular complexity index is 662. The van der Waals surface area contributed by atoms with Gasteiger partial charge in [-0.25, -0.2) is 0 Å². The number of hydrogen-bond acceptors (Lipinski definition) is 7. The van der Waals surface area contributed by atoms with Crippen molar-refractivity contribution in [2.45, 2.75) is 25.9 Å². The van der Waals surface area contributed by atoms with Crippen molar-refractivity contribution in [2.75, 3.05) is 26.7 Å². The van der Waals surface area contributed by atoms with Gasteiger partial charge in [0, 0.05) is 43.7 Å². The van der Waals surface area contributed by atoms with Gasteiger partial charge in [0.05, 0.1) is 6.04 Å². The summed E-state index contributed by atoms with van der Waals surface area (Å²) in [6, 6.07) is 0.154. The Balaban J connectivity index is 1.66. The molecule has 0 spiro atoms. The molecular formula is C13H19N5O2S. The summed E-state index contributed by atoms with van der Waals surface area (Å²) in [7, 11) is 2.07. The van der Waals surface area contributed by atoms with Gasteiger partial charge in [0.1, 0.15) is 0 Å². The minimum atomic E-state index is 0.0588. The van der Waals surface area contributed by atoms with Crippen molar-refractivity contribution < 1.29 is 4.52 Å². The average Bonchev–Trinajstić information content (AvgIpc) is 3.05. The minimum Gasteiger partial charge on any atom is -0.339 e. The first-order chi connectivity index (χ1) is 10.1. The molecule has 2 aromatic rings. The van der Waals surface area contributed by atoms with Gasteiger partial charge < -0.3 is 14.4 Å². The predicted octanol–water partition coefficient (Wildman–Crippen LogP) is 0.420. The van der Waals surface area contributed by atoms with E-state index in [4.69, 9.17) is 4.52 Å². The zero-order valence-corrected chi connectivity index (χ0v) is 13.0. The fourth-order valence-electron chi connectivity index (χ4n) is 2.48. The summed E-state index contributed by atoms with van der Waals surface area (Å²) in [6.07, 6.45) is 0.578. The third kappa shape index (κ3) is 3.07. The molecule has 0 bridgehead atoms. The second kappa shape index (κ2) is 6.08. The summed E-state index contributed by atoms with van der Waals surface area (Å²) in [5.74, 6) is 1.30. The monoisotopic (exact) mass is 309 g/mol. The van der Waals surface area contributed by atoms with Crippen molar-refractivity contribution >= 4 is 11.3 Å². The van der Waals surface area contributed by atoms with Gasteiger partial charge in [0.15, 0.2) is 5.82 Å². The minimum absolute atomic E-state index is 0.0588. The van der Waals surface area contributed by atoms with E-state index in [0.717, 1.165) is 25.3 Å². The van der Waals surface area contributed by atoms with E-state index in [0.29, 0.717) is 24.7 Å². The van der Waals surface area contributed by atoms with Gasteiger partial charge in [-0.15, -0.1) is 0 Å². The second-order valence-corrected chi connectivity index (χ2v) is 6.11. The number of thiazole rings is 1.